The summed E-state index contributed by atoms with van der Waals surface area (Å²) < 4.78 is 0.568. The molecule has 0 aromatic heterocycles. The maximum Gasteiger partial charge on any atom is 0.342 e. The molecular weight excluding hydrogens is 230 g/mol. The first kappa shape index (κ1) is 11.9. The Hall–Kier alpha value is -2.62. The largest absolute Gasteiger partial charge is 0.618 e. The maximum absolute atomic E-state index is 11.9. The van der Waals surface area contributed by atoms with Crippen LogP contribution in [0.4, 0.5) is 5.69 Å². The second kappa shape index (κ2) is 5.14. The summed E-state index contributed by atoms with van der Waals surface area (Å²) >= 11 is 0. The Morgan fingerprint density at radius 2 is 1.67 bits per heavy atom. The van der Waals surface area contributed by atoms with E-state index in [0.29, 0.717) is 10.3 Å². The van der Waals surface area contributed by atoms with Gasteiger partial charge in [0.1, 0.15) is 5.56 Å². The molecule has 2 aromatic carbocycles. The molecule has 0 bridgehead atoms. The zero-order valence-corrected chi connectivity index (χ0v) is 9.48. The van der Waals surface area contributed by atoms with Crippen molar-refractivity contribution >= 4 is 17.9 Å². The van der Waals surface area contributed by atoms with Gasteiger partial charge in [0.05, 0.1) is 0 Å². The average molecular weight is 241 g/mol. The van der Waals surface area contributed by atoms with Crippen molar-refractivity contribution in [3.63, 3.8) is 0 Å². The Bertz CT molecular complexity index is 591. The van der Waals surface area contributed by atoms with Gasteiger partial charge in [0.2, 0.25) is 5.69 Å². The Balaban J connectivity index is 2.43. The highest BCUT2D eigenvalue weighted by Crippen LogP contribution is 2.17. The van der Waals surface area contributed by atoms with Crippen LogP contribution in [0.25, 0.3) is 0 Å². The van der Waals surface area contributed by atoms with Crippen LogP contribution in [-0.2, 0) is 0 Å². The standard InChI is InChI=1S/C14H11NO3/c16-14(17)12-8-4-5-9-13(12)15(18)10-11-6-2-1-3-7-11/h1-10H,(H,16,17). The summed E-state index contributed by atoms with van der Waals surface area (Å²) in [6.45, 7) is 0. The van der Waals surface area contributed by atoms with Crippen LogP contribution in [0.1, 0.15) is 15.9 Å². The zero-order chi connectivity index (χ0) is 13.0. The monoisotopic (exact) mass is 241 g/mol. The summed E-state index contributed by atoms with van der Waals surface area (Å²) in [5, 5.41) is 20.9. The van der Waals surface area contributed by atoms with E-state index in [4.69, 9.17) is 5.11 Å². The third kappa shape index (κ3) is 2.55. The minimum Gasteiger partial charge on any atom is -0.618 e. The van der Waals surface area contributed by atoms with Gasteiger partial charge in [-0.05, 0) is 18.2 Å². The lowest BCUT2D eigenvalue weighted by Gasteiger charge is -2.05. The molecule has 0 fully saturated rings. The van der Waals surface area contributed by atoms with Gasteiger partial charge in [0.25, 0.3) is 0 Å². The van der Waals surface area contributed by atoms with E-state index < -0.39 is 5.97 Å². The van der Waals surface area contributed by atoms with E-state index in [1.807, 2.05) is 18.2 Å². The van der Waals surface area contributed by atoms with Crippen LogP contribution in [0, 0.1) is 5.21 Å². The van der Waals surface area contributed by atoms with Crippen molar-refractivity contribution in [1.29, 1.82) is 0 Å². The van der Waals surface area contributed by atoms with Gasteiger partial charge in [0.15, 0.2) is 6.21 Å². The van der Waals surface area contributed by atoms with Gasteiger partial charge >= 0.3 is 5.97 Å². The van der Waals surface area contributed by atoms with Crippen molar-refractivity contribution in [2.75, 3.05) is 0 Å². The van der Waals surface area contributed by atoms with Crippen molar-refractivity contribution in [2.24, 2.45) is 0 Å². The summed E-state index contributed by atoms with van der Waals surface area (Å²) in [5.41, 5.74) is 0.821. The summed E-state index contributed by atoms with van der Waals surface area (Å²) in [6, 6.07) is 15.1. The molecular formula is C14H11NO3. The van der Waals surface area contributed by atoms with Crippen molar-refractivity contribution in [3.8, 4) is 0 Å². The van der Waals surface area contributed by atoms with Gasteiger partial charge in [-0.2, -0.15) is 4.74 Å². The summed E-state index contributed by atoms with van der Waals surface area (Å²) in [6.07, 6.45) is 1.35. The predicted molar refractivity (Wildman–Crippen MR) is 68.3 cm³/mol. The van der Waals surface area contributed by atoms with Gasteiger partial charge in [-0.15, -0.1) is 0 Å². The first-order chi connectivity index (χ1) is 8.68. The molecule has 0 atom stereocenters. The summed E-state index contributed by atoms with van der Waals surface area (Å²) in [7, 11) is 0. The molecule has 0 spiro atoms. The molecule has 0 amide bonds. The number of carboxylic acids is 1. The molecule has 2 rings (SSSR count). The lowest BCUT2D eigenvalue weighted by atomic mass is 10.2. The molecule has 0 unspecified atom stereocenters. The van der Waals surface area contributed by atoms with Crippen molar-refractivity contribution < 1.29 is 14.6 Å². The van der Waals surface area contributed by atoms with Crippen LogP contribution >= 0.6 is 0 Å². The van der Waals surface area contributed by atoms with E-state index in [2.05, 4.69) is 0 Å². The molecule has 0 radical (unpaired) electrons. The van der Waals surface area contributed by atoms with E-state index in [-0.39, 0.29) is 11.3 Å². The zero-order valence-electron chi connectivity index (χ0n) is 9.48. The van der Waals surface area contributed by atoms with Crippen LogP contribution in [-0.4, -0.2) is 22.0 Å². The van der Waals surface area contributed by atoms with Crippen molar-refractivity contribution in [3.05, 3.63) is 70.9 Å². The Kier molecular flexibility index (Phi) is 3.38. The number of nitrogens with zero attached hydrogens (tertiary/aromatic N) is 1. The van der Waals surface area contributed by atoms with E-state index in [9.17, 15) is 10.0 Å². The number of carbonyl (C=O) groups is 1. The van der Waals surface area contributed by atoms with Crippen LogP contribution < -0.4 is 0 Å². The molecule has 0 aliphatic rings. The number of carboxylic acid groups (broad SMARTS) is 1. The minimum atomic E-state index is -1.12. The SMILES string of the molecule is O=C(O)c1ccccc1[N+]([O-])=Cc1ccccc1. The third-order valence-electron chi connectivity index (χ3n) is 2.44. The molecule has 2 aromatic rings. The van der Waals surface area contributed by atoms with Gasteiger partial charge < -0.3 is 10.3 Å². The number of benzene rings is 2. The lowest BCUT2D eigenvalue weighted by molar-refractivity contribution is -0.354. The molecule has 0 aliphatic carbocycles. The van der Waals surface area contributed by atoms with Crippen LogP contribution in [0.15, 0.2) is 54.6 Å². The highest BCUT2D eigenvalue weighted by atomic mass is 16.5. The highest BCUT2D eigenvalue weighted by Gasteiger charge is 2.15. The van der Waals surface area contributed by atoms with E-state index in [1.54, 1.807) is 24.3 Å². The number of para-hydroxylation sites is 1. The van der Waals surface area contributed by atoms with Crippen LogP contribution in [0.2, 0.25) is 0 Å². The molecule has 0 heterocycles. The molecule has 0 saturated carbocycles. The minimum absolute atomic E-state index is 0.0142. The molecule has 18 heavy (non-hydrogen) atoms. The number of aromatic carboxylic acids is 1. The van der Waals surface area contributed by atoms with Gasteiger partial charge in [0, 0.05) is 11.6 Å². The van der Waals surface area contributed by atoms with Crippen LogP contribution in [0.3, 0.4) is 0 Å². The van der Waals surface area contributed by atoms with E-state index in [1.165, 1.54) is 18.3 Å². The molecule has 90 valence electrons. The van der Waals surface area contributed by atoms with Crippen LogP contribution in [0.5, 0.6) is 0 Å². The number of rotatable bonds is 3. The highest BCUT2D eigenvalue weighted by molar-refractivity contribution is 5.92. The molecule has 1 N–H and O–H groups in total. The lowest BCUT2D eigenvalue weighted by Crippen LogP contribution is -2.05. The maximum atomic E-state index is 11.9. The normalized spacial score (nSPS) is 11.2. The average Bonchev–Trinajstić information content (AvgIpc) is 2.40. The third-order valence-corrected chi connectivity index (χ3v) is 2.44. The van der Waals surface area contributed by atoms with Gasteiger partial charge in [-0.25, -0.2) is 4.79 Å². The first-order valence-electron chi connectivity index (χ1n) is 5.37. The fraction of sp³-hybridized carbons (Fsp3) is 0. The molecule has 4 nitrogen and oxygen atoms in total. The molecule has 0 aliphatic heterocycles. The van der Waals surface area contributed by atoms with E-state index >= 15 is 0 Å². The Morgan fingerprint density at radius 3 is 2.33 bits per heavy atom. The second-order valence-electron chi connectivity index (χ2n) is 3.69. The quantitative estimate of drug-likeness (QED) is 0.389. The topological polar surface area (TPSA) is 63.4 Å². The van der Waals surface area contributed by atoms with Gasteiger partial charge in [-0.3, -0.25) is 0 Å². The number of hydrogen-bond acceptors (Lipinski definition) is 2. The second-order valence-corrected chi connectivity index (χ2v) is 3.69. The number of hydrogen-bond donors (Lipinski definition) is 1. The summed E-state index contributed by atoms with van der Waals surface area (Å²) in [4.78, 5) is 11.0. The Morgan fingerprint density at radius 1 is 1.06 bits per heavy atom. The fourth-order valence-corrected chi connectivity index (χ4v) is 1.59. The smallest absolute Gasteiger partial charge is 0.342 e. The molecule has 0 saturated heterocycles. The predicted octanol–water partition coefficient (Wildman–Crippen LogP) is 2.65. The Labute approximate surface area is 104 Å². The molecule has 4 heteroatoms. The van der Waals surface area contributed by atoms with Crippen molar-refractivity contribution in [1.82, 2.24) is 0 Å². The van der Waals surface area contributed by atoms with Gasteiger partial charge in [-0.1, -0.05) is 30.3 Å². The first-order valence-corrected chi connectivity index (χ1v) is 5.37. The van der Waals surface area contributed by atoms with E-state index in [0.717, 1.165) is 0 Å². The van der Waals surface area contributed by atoms with Crippen molar-refractivity contribution in [2.45, 2.75) is 0 Å². The fourth-order valence-electron chi connectivity index (χ4n) is 1.59. The summed E-state index contributed by atoms with van der Waals surface area (Å²) in [5.74, 6) is -1.12.